The van der Waals surface area contributed by atoms with Crippen molar-refractivity contribution in [1.82, 2.24) is 14.9 Å². The number of unbranched alkanes of at least 4 members (excludes halogenated alkanes) is 1. The molecule has 2 N–H and O–H groups in total. The summed E-state index contributed by atoms with van der Waals surface area (Å²) in [7, 11) is -1.95. The van der Waals surface area contributed by atoms with Gasteiger partial charge in [-0.05, 0) is 53.8 Å². The van der Waals surface area contributed by atoms with E-state index in [0.717, 1.165) is 29.5 Å². The molecule has 3 rings (SSSR count). The number of aryl methyl sites for hydroxylation is 1. The Kier molecular flexibility index (Phi) is 12.4. The monoisotopic (exact) mass is 579 g/mol. The number of nitrogens with zero attached hydrogens (tertiary/aromatic N) is 1. The lowest BCUT2D eigenvalue weighted by Crippen LogP contribution is -2.50. The molecular weight excluding hydrogens is 538 g/mol. The maximum atomic E-state index is 13.8. The van der Waals surface area contributed by atoms with Gasteiger partial charge in [0.05, 0.1) is 12.0 Å². The number of hydrogen-bond donors (Lipinski definition) is 2. The molecule has 2 amide bonds. The Balaban J connectivity index is 1.86. The van der Waals surface area contributed by atoms with Crippen molar-refractivity contribution in [3.8, 4) is 5.75 Å². The second kappa shape index (κ2) is 15.9. The SMILES string of the molecule is CCCCNC(=O)[C@H](Cc1ccccc1)N(Cc1ccc(OC)cc1)C(=O)CCc1ccc(S(=O)(=O)NCC)cc1. The van der Waals surface area contributed by atoms with Crippen molar-refractivity contribution < 1.29 is 22.7 Å². The normalized spacial score (nSPS) is 12.0. The summed E-state index contributed by atoms with van der Waals surface area (Å²) in [6.45, 7) is 4.91. The highest BCUT2D eigenvalue weighted by atomic mass is 32.2. The molecule has 0 radical (unpaired) electrons. The van der Waals surface area contributed by atoms with Gasteiger partial charge in [0, 0.05) is 32.5 Å². The molecule has 0 saturated carbocycles. The summed E-state index contributed by atoms with van der Waals surface area (Å²) < 4.78 is 32.3. The first-order valence-corrected chi connectivity index (χ1v) is 15.6. The molecule has 8 nitrogen and oxygen atoms in total. The predicted octanol–water partition coefficient (Wildman–Crippen LogP) is 4.48. The molecule has 0 fully saturated rings. The van der Waals surface area contributed by atoms with Crippen LogP contribution in [0.15, 0.2) is 83.8 Å². The van der Waals surface area contributed by atoms with Crippen LogP contribution >= 0.6 is 0 Å². The van der Waals surface area contributed by atoms with Crippen molar-refractivity contribution in [2.75, 3.05) is 20.2 Å². The smallest absolute Gasteiger partial charge is 0.243 e. The average molecular weight is 580 g/mol. The Morgan fingerprint density at radius 2 is 1.54 bits per heavy atom. The number of methoxy groups -OCH3 is 1. The Bertz CT molecular complexity index is 1340. The molecule has 3 aromatic rings. The molecule has 1 atom stereocenters. The maximum Gasteiger partial charge on any atom is 0.243 e. The lowest BCUT2D eigenvalue weighted by Gasteiger charge is -2.32. The van der Waals surface area contributed by atoms with E-state index >= 15 is 0 Å². The number of carbonyl (C=O) groups excluding carboxylic acids is 2. The van der Waals surface area contributed by atoms with E-state index in [2.05, 4.69) is 17.0 Å². The Labute approximate surface area is 244 Å². The zero-order valence-corrected chi connectivity index (χ0v) is 25.0. The molecule has 220 valence electrons. The third-order valence-electron chi connectivity index (χ3n) is 6.81. The minimum Gasteiger partial charge on any atom is -0.497 e. The van der Waals surface area contributed by atoms with Crippen LogP contribution < -0.4 is 14.8 Å². The van der Waals surface area contributed by atoms with E-state index in [0.29, 0.717) is 31.7 Å². The van der Waals surface area contributed by atoms with Gasteiger partial charge in [0.15, 0.2) is 0 Å². The Morgan fingerprint density at radius 1 is 0.878 bits per heavy atom. The third kappa shape index (κ3) is 9.72. The summed E-state index contributed by atoms with van der Waals surface area (Å²) in [6, 6.07) is 23.0. The van der Waals surface area contributed by atoms with Gasteiger partial charge in [0.25, 0.3) is 0 Å². The number of ether oxygens (including phenoxy) is 1. The molecule has 0 spiro atoms. The second-order valence-corrected chi connectivity index (χ2v) is 11.6. The van der Waals surface area contributed by atoms with Crippen LogP contribution in [-0.4, -0.2) is 51.4 Å². The maximum absolute atomic E-state index is 13.8. The molecule has 0 aromatic heterocycles. The van der Waals surface area contributed by atoms with E-state index in [1.165, 1.54) is 0 Å². The van der Waals surface area contributed by atoms with Crippen molar-refractivity contribution in [3.05, 3.63) is 95.6 Å². The van der Waals surface area contributed by atoms with E-state index in [1.807, 2.05) is 54.6 Å². The Morgan fingerprint density at radius 3 is 2.15 bits per heavy atom. The van der Waals surface area contributed by atoms with Crippen molar-refractivity contribution in [1.29, 1.82) is 0 Å². The van der Waals surface area contributed by atoms with Crippen LogP contribution in [0.25, 0.3) is 0 Å². The lowest BCUT2D eigenvalue weighted by atomic mass is 10.0. The predicted molar refractivity (Wildman–Crippen MR) is 161 cm³/mol. The van der Waals surface area contributed by atoms with E-state index < -0.39 is 16.1 Å². The zero-order valence-electron chi connectivity index (χ0n) is 24.1. The average Bonchev–Trinajstić information content (AvgIpc) is 2.98. The zero-order chi connectivity index (χ0) is 29.7. The van der Waals surface area contributed by atoms with Gasteiger partial charge in [-0.2, -0.15) is 0 Å². The van der Waals surface area contributed by atoms with E-state index in [4.69, 9.17) is 4.74 Å². The summed E-state index contributed by atoms with van der Waals surface area (Å²) in [5.41, 5.74) is 2.69. The lowest BCUT2D eigenvalue weighted by molar-refractivity contribution is -0.141. The molecule has 0 heterocycles. The highest BCUT2D eigenvalue weighted by Crippen LogP contribution is 2.19. The van der Waals surface area contributed by atoms with Gasteiger partial charge in [-0.15, -0.1) is 0 Å². The number of amides is 2. The summed E-state index contributed by atoms with van der Waals surface area (Å²) in [4.78, 5) is 29.2. The fourth-order valence-electron chi connectivity index (χ4n) is 4.49. The molecule has 0 aliphatic rings. The van der Waals surface area contributed by atoms with Crippen LogP contribution in [0, 0.1) is 0 Å². The molecule has 0 aliphatic heterocycles. The summed E-state index contributed by atoms with van der Waals surface area (Å²) in [5.74, 6) is 0.378. The summed E-state index contributed by atoms with van der Waals surface area (Å²) in [5, 5.41) is 3.03. The molecule has 9 heteroatoms. The number of benzene rings is 3. The fraction of sp³-hybridized carbons (Fsp3) is 0.375. The van der Waals surface area contributed by atoms with Crippen LogP contribution in [0.3, 0.4) is 0 Å². The number of rotatable bonds is 16. The number of hydrogen-bond acceptors (Lipinski definition) is 5. The molecule has 41 heavy (non-hydrogen) atoms. The third-order valence-corrected chi connectivity index (χ3v) is 8.37. The quantitative estimate of drug-likeness (QED) is 0.244. The van der Waals surface area contributed by atoms with Gasteiger partial charge in [0.2, 0.25) is 21.8 Å². The summed E-state index contributed by atoms with van der Waals surface area (Å²) in [6.07, 6.45) is 2.78. The van der Waals surface area contributed by atoms with Crippen molar-refractivity contribution in [3.63, 3.8) is 0 Å². The number of sulfonamides is 1. The Hall–Kier alpha value is -3.69. The van der Waals surface area contributed by atoms with Gasteiger partial charge in [-0.25, -0.2) is 13.1 Å². The highest BCUT2D eigenvalue weighted by Gasteiger charge is 2.30. The topological polar surface area (TPSA) is 105 Å². The van der Waals surface area contributed by atoms with Gasteiger partial charge in [0.1, 0.15) is 11.8 Å². The number of nitrogens with one attached hydrogen (secondary N) is 2. The van der Waals surface area contributed by atoms with E-state index in [1.54, 1.807) is 43.2 Å². The number of carbonyl (C=O) groups is 2. The van der Waals surface area contributed by atoms with Gasteiger partial charge in [-0.1, -0.05) is 74.9 Å². The van der Waals surface area contributed by atoms with Gasteiger partial charge in [-0.3, -0.25) is 9.59 Å². The van der Waals surface area contributed by atoms with Crippen molar-refractivity contribution >= 4 is 21.8 Å². The van der Waals surface area contributed by atoms with Crippen LogP contribution in [0.1, 0.15) is 49.8 Å². The first-order chi connectivity index (χ1) is 19.8. The minimum absolute atomic E-state index is 0.156. The molecule has 0 unspecified atom stereocenters. The van der Waals surface area contributed by atoms with Gasteiger partial charge < -0.3 is 15.0 Å². The molecule has 0 aliphatic carbocycles. The molecular formula is C32H41N3O5S. The van der Waals surface area contributed by atoms with E-state index in [-0.39, 0.29) is 29.7 Å². The fourth-order valence-corrected chi connectivity index (χ4v) is 5.53. The van der Waals surface area contributed by atoms with Crippen LogP contribution in [0.2, 0.25) is 0 Å². The van der Waals surface area contributed by atoms with Crippen LogP contribution in [-0.2, 0) is 39.0 Å². The van der Waals surface area contributed by atoms with Crippen molar-refractivity contribution in [2.45, 2.75) is 63.4 Å². The minimum atomic E-state index is -3.55. The summed E-state index contributed by atoms with van der Waals surface area (Å²) >= 11 is 0. The molecule has 0 saturated heterocycles. The first kappa shape index (κ1) is 31.8. The highest BCUT2D eigenvalue weighted by molar-refractivity contribution is 7.89. The van der Waals surface area contributed by atoms with E-state index in [9.17, 15) is 18.0 Å². The molecule has 0 bridgehead atoms. The van der Waals surface area contributed by atoms with Crippen molar-refractivity contribution in [2.24, 2.45) is 0 Å². The first-order valence-electron chi connectivity index (χ1n) is 14.1. The molecule has 3 aromatic carbocycles. The van der Waals surface area contributed by atoms with Crippen LogP contribution in [0.5, 0.6) is 5.75 Å². The van der Waals surface area contributed by atoms with Crippen LogP contribution in [0.4, 0.5) is 0 Å². The largest absolute Gasteiger partial charge is 0.497 e. The second-order valence-electron chi connectivity index (χ2n) is 9.87. The van der Waals surface area contributed by atoms with Gasteiger partial charge >= 0.3 is 0 Å². The standard InChI is InChI=1S/C32H41N3O5S/c1-4-6-22-33-32(37)30(23-26-10-8-7-9-11-26)35(24-27-12-17-28(40-3)18-13-27)31(36)21-16-25-14-19-29(20-15-25)41(38,39)34-5-2/h7-15,17-20,30,34H,4-6,16,21-24H2,1-3H3,(H,33,37)/t30-/m0/s1.